The van der Waals surface area contributed by atoms with E-state index in [2.05, 4.69) is 5.32 Å². The predicted octanol–water partition coefficient (Wildman–Crippen LogP) is 1.97. The molecule has 162 valence electrons. The van der Waals surface area contributed by atoms with Crippen molar-refractivity contribution in [1.82, 2.24) is 10.2 Å². The van der Waals surface area contributed by atoms with E-state index in [4.69, 9.17) is 14.0 Å². The Morgan fingerprint density at radius 3 is 2.13 bits per heavy atom. The summed E-state index contributed by atoms with van der Waals surface area (Å²) in [6.07, 6.45) is 0.273. The smallest absolute Gasteiger partial charge is 0.497 e. The summed E-state index contributed by atoms with van der Waals surface area (Å²) in [6, 6.07) is 18.9. The maximum absolute atomic E-state index is 12.4. The number of carbonyl (C=O) groups excluding carboxylic acids is 3. The van der Waals surface area contributed by atoms with E-state index in [1.54, 1.807) is 7.05 Å². The predicted molar refractivity (Wildman–Crippen MR) is 114 cm³/mol. The van der Waals surface area contributed by atoms with Crippen molar-refractivity contribution in [3.8, 4) is 0 Å². The first-order valence-corrected chi connectivity index (χ1v) is 10.1. The standard InChI is InChI=1S/C22H25BN2O6/c1-25-14-20(26)30-23(31-21(27)15-25)19(13-12-17-8-4-2-5-9-17)24-22(28)29-16-18-10-6-3-7-11-18/h2-11,19H,12-16H2,1H3,(H,24,28). The molecule has 0 spiro atoms. The summed E-state index contributed by atoms with van der Waals surface area (Å²) in [4.78, 5) is 38.2. The van der Waals surface area contributed by atoms with Crippen LogP contribution in [-0.2, 0) is 36.7 Å². The first kappa shape index (κ1) is 22.4. The fourth-order valence-electron chi connectivity index (χ4n) is 3.18. The van der Waals surface area contributed by atoms with Crippen molar-refractivity contribution in [3.63, 3.8) is 0 Å². The van der Waals surface area contributed by atoms with Gasteiger partial charge in [0.2, 0.25) is 0 Å². The number of hydrogen-bond donors (Lipinski definition) is 1. The number of amides is 1. The second-order valence-corrected chi connectivity index (χ2v) is 7.36. The van der Waals surface area contributed by atoms with Crippen LogP contribution in [0.25, 0.3) is 0 Å². The van der Waals surface area contributed by atoms with E-state index in [0.717, 1.165) is 11.1 Å². The fourth-order valence-corrected chi connectivity index (χ4v) is 3.18. The molecule has 1 amide bonds. The Bertz CT molecular complexity index is 860. The molecule has 2 aromatic carbocycles. The highest BCUT2D eigenvalue weighted by Crippen LogP contribution is 2.12. The molecule has 1 N–H and O–H groups in total. The van der Waals surface area contributed by atoms with E-state index in [-0.39, 0.29) is 19.7 Å². The molecule has 1 unspecified atom stereocenters. The average molecular weight is 424 g/mol. The van der Waals surface area contributed by atoms with Gasteiger partial charge in [-0.25, -0.2) is 4.79 Å². The number of aryl methyl sites for hydroxylation is 1. The Kier molecular flexibility index (Phi) is 8.06. The maximum atomic E-state index is 12.4. The van der Waals surface area contributed by atoms with Crippen LogP contribution in [0.5, 0.6) is 0 Å². The summed E-state index contributed by atoms with van der Waals surface area (Å²) in [5.74, 6) is -1.84. The van der Waals surface area contributed by atoms with E-state index in [0.29, 0.717) is 12.8 Å². The van der Waals surface area contributed by atoms with Crippen LogP contribution in [0, 0.1) is 0 Å². The van der Waals surface area contributed by atoms with Gasteiger partial charge in [0.05, 0.1) is 19.0 Å². The van der Waals surface area contributed by atoms with Gasteiger partial charge in [0.1, 0.15) is 6.61 Å². The number of alkyl carbamates (subject to hydrolysis) is 1. The molecule has 1 aliphatic rings. The molecule has 8 nitrogen and oxygen atoms in total. The van der Waals surface area contributed by atoms with Crippen LogP contribution < -0.4 is 5.32 Å². The van der Waals surface area contributed by atoms with Gasteiger partial charge in [0.15, 0.2) is 0 Å². The van der Waals surface area contributed by atoms with Gasteiger partial charge in [0.25, 0.3) is 0 Å². The lowest BCUT2D eigenvalue weighted by Gasteiger charge is -2.27. The monoisotopic (exact) mass is 424 g/mol. The van der Waals surface area contributed by atoms with Crippen molar-refractivity contribution in [2.75, 3.05) is 20.1 Å². The summed E-state index contributed by atoms with van der Waals surface area (Å²) in [5, 5.41) is 2.70. The van der Waals surface area contributed by atoms with Gasteiger partial charge in [0, 0.05) is 0 Å². The topological polar surface area (TPSA) is 94.2 Å². The molecule has 1 fully saturated rings. The van der Waals surface area contributed by atoms with Crippen LogP contribution in [-0.4, -0.2) is 56.1 Å². The highest BCUT2D eigenvalue weighted by atomic mass is 16.6. The Labute approximate surface area is 181 Å². The summed E-state index contributed by atoms with van der Waals surface area (Å²) < 4.78 is 16.0. The minimum atomic E-state index is -1.23. The third-order valence-corrected chi connectivity index (χ3v) is 4.72. The van der Waals surface area contributed by atoms with Gasteiger partial charge in [-0.3, -0.25) is 14.5 Å². The number of likely N-dealkylation sites (N-methyl/N-ethyl adjacent to an activating group) is 1. The minimum absolute atomic E-state index is 0.0462. The molecule has 0 bridgehead atoms. The third kappa shape index (κ3) is 7.46. The fraction of sp³-hybridized carbons (Fsp3) is 0.318. The molecular formula is C22H25BN2O6. The minimum Gasteiger partial charge on any atom is -0.497 e. The largest absolute Gasteiger partial charge is 0.622 e. The summed E-state index contributed by atoms with van der Waals surface area (Å²) in [6.45, 7) is -0.00195. The Hall–Kier alpha value is -3.33. The zero-order valence-electron chi connectivity index (χ0n) is 17.4. The zero-order chi connectivity index (χ0) is 22.1. The Morgan fingerprint density at radius 1 is 1.00 bits per heavy atom. The number of carbonyl (C=O) groups is 3. The van der Waals surface area contributed by atoms with Crippen molar-refractivity contribution in [1.29, 1.82) is 0 Å². The highest BCUT2D eigenvalue weighted by molar-refractivity contribution is 6.51. The second kappa shape index (κ2) is 11.2. The van der Waals surface area contributed by atoms with Gasteiger partial charge < -0.3 is 19.4 Å². The van der Waals surface area contributed by atoms with Crippen LogP contribution in [0.2, 0.25) is 0 Å². The number of benzene rings is 2. The lowest BCUT2D eigenvalue weighted by atomic mass is 9.74. The lowest BCUT2D eigenvalue weighted by Crippen LogP contribution is -2.54. The number of rotatable bonds is 7. The summed E-state index contributed by atoms with van der Waals surface area (Å²) in [5.41, 5.74) is 1.88. The third-order valence-electron chi connectivity index (χ3n) is 4.72. The highest BCUT2D eigenvalue weighted by Gasteiger charge is 2.40. The second-order valence-electron chi connectivity index (χ2n) is 7.36. The number of hydrogen-bond acceptors (Lipinski definition) is 7. The molecule has 0 saturated carbocycles. The van der Waals surface area contributed by atoms with E-state index in [1.807, 2.05) is 60.7 Å². The first-order chi connectivity index (χ1) is 15.0. The van der Waals surface area contributed by atoms with Gasteiger partial charge >= 0.3 is 25.2 Å². The van der Waals surface area contributed by atoms with Gasteiger partial charge in [-0.05, 0) is 31.0 Å². The van der Waals surface area contributed by atoms with Crippen LogP contribution in [0.1, 0.15) is 17.5 Å². The van der Waals surface area contributed by atoms with Gasteiger partial charge in [-0.2, -0.15) is 0 Å². The normalized spacial score (nSPS) is 15.8. The molecular weight excluding hydrogens is 399 g/mol. The molecule has 0 aromatic heterocycles. The average Bonchev–Trinajstić information content (AvgIpc) is 2.75. The molecule has 1 aliphatic heterocycles. The Morgan fingerprint density at radius 2 is 1.55 bits per heavy atom. The first-order valence-electron chi connectivity index (χ1n) is 10.1. The molecule has 0 aliphatic carbocycles. The van der Waals surface area contributed by atoms with Crippen molar-refractivity contribution in [2.24, 2.45) is 0 Å². The van der Waals surface area contributed by atoms with Crippen LogP contribution >= 0.6 is 0 Å². The molecule has 2 aromatic rings. The number of nitrogens with one attached hydrogen (secondary N) is 1. The van der Waals surface area contributed by atoms with Crippen molar-refractivity contribution >= 4 is 25.2 Å². The molecule has 1 saturated heterocycles. The Balaban J connectivity index is 1.67. The summed E-state index contributed by atoms with van der Waals surface area (Å²) >= 11 is 0. The van der Waals surface area contributed by atoms with Gasteiger partial charge in [-0.15, -0.1) is 0 Å². The van der Waals surface area contributed by atoms with Crippen molar-refractivity contribution in [3.05, 3.63) is 71.8 Å². The zero-order valence-corrected chi connectivity index (χ0v) is 17.4. The molecule has 0 radical (unpaired) electrons. The molecule has 1 atom stereocenters. The molecule has 1 heterocycles. The molecule has 3 rings (SSSR count). The molecule has 9 heteroatoms. The van der Waals surface area contributed by atoms with Crippen LogP contribution in [0.4, 0.5) is 4.79 Å². The number of nitrogens with zero attached hydrogens (tertiary/aromatic N) is 1. The van der Waals surface area contributed by atoms with Gasteiger partial charge in [-0.1, -0.05) is 60.7 Å². The van der Waals surface area contributed by atoms with Crippen molar-refractivity contribution < 1.29 is 28.4 Å². The number of ether oxygens (including phenoxy) is 1. The summed E-state index contributed by atoms with van der Waals surface area (Å²) in [7, 11) is 0.385. The van der Waals surface area contributed by atoms with Crippen LogP contribution in [0.15, 0.2) is 60.7 Å². The molecule has 31 heavy (non-hydrogen) atoms. The van der Waals surface area contributed by atoms with E-state index in [1.165, 1.54) is 4.90 Å². The van der Waals surface area contributed by atoms with Crippen LogP contribution in [0.3, 0.4) is 0 Å². The lowest BCUT2D eigenvalue weighted by molar-refractivity contribution is -0.146. The van der Waals surface area contributed by atoms with E-state index < -0.39 is 31.1 Å². The quantitative estimate of drug-likeness (QED) is 0.680. The maximum Gasteiger partial charge on any atom is 0.622 e. The van der Waals surface area contributed by atoms with Crippen molar-refractivity contribution in [2.45, 2.75) is 25.4 Å². The SMILES string of the molecule is CN1CC(=O)OB(C(CCc2ccccc2)NC(=O)OCc2ccccc2)OC(=O)C1. The van der Waals surface area contributed by atoms with E-state index >= 15 is 0 Å². The van der Waals surface area contributed by atoms with E-state index in [9.17, 15) is 14.4 Å².